The Balaban J connectivity index is 4.45. The molecule has 0 aromatic rings. The van der Waals surface area contributed by atoms with E-state index in [9.17, 15) is 18.7 Å². The molecule has 0 radical (unpaired) electrons. The second-order valence-corrected chi connectivity index (χ2v) is 12.4. The number of aliphatic carboxylic acids is 1. The Morgan fingerprint density at radius 1 is 0.833 bits per heavy atom. The largest absolute Gasteiger partial charge is 0.477 e. The highest BCUT2D eigenvalue weighted by molar-refractivity contribution is 7.85. The predicted molar refractivity (Wildman–Crippen MR) is 148 cm³/mol. The lowest BCUT2D eigenvalue weighted by atomic mass is 10.1. The molecule has 0 spiro atoms. The zero-order valence-electron chi connectivity index (χ0n) is 23.1. The van der Waals surface area contributed by atoms with E-state index in [4.69, 9.17) is 14.6 Å². The van der Waals surface area contributed by atoms with Crippen molar-refractivity contribution in [1.29, 1.82) is 0 Å². The number of carboxylic acids is 1. The average molecular weight is 553 g/mol. The smallest absolute Gasteiger partial charge is 0.377 e. The standard InChI is InChI=1S/C27H53O7PS/c1-4-6-8-10-12-13-14-16-18-23-36(32)25(20-17-15-11-9-7-5-2)24(3)33-21-19-22-34-27(30,35-31)26(28)29/h24-25,30H,4-23H2,1-3H3,(H,28,29). The van der Waals surface area contributed by atoms with Gasteiger partial charge in [-0.25, -0.2) is 4.79 Å². The van der Waals surface area contributed by atoms with E-state index in [0.717, 1.165) is 32.1 Å². The third kappa shape index (κ3) is 18.0. The van der Waals surface area contributed by atoms with E-state index in [-0.39, 0.29) is 24.6 Å². The van der Waals surface area contributed by atoms with E-state index in [1.807, 2.05) is 6.92 Å². The first kappa shape index (κ1) is 35.6. The topological polar surface area (TPSA) is 110 Å². The summed E-state index contributed by atoms with van der Waals surface area (Å²) in [6.45, 7) is 6.58. The predicted octanol–water partition coefficient (Wildman–Crippen LogP) is 7.22. The molecule has 4 atom stereocenters. The van der Waals surface area contributed by atoms with Crippen molar-refractivity contribution in [3.05, 3.63) is 0 Å². The van der Waals surface area contributed by atoms with Gasteiger partial charge in [0.05, 0.1) is 18.0 Å². The van der Waals surface area contributed by atoms with E-state index in [0.29, 0.717) is 12.2 Å². The summed E-state index contributed by atoms with van der Waals surface area (Å²) < 4.78 is 34.8. The van der Waals surface area contributed by atoms with Gasteiger partial charge in [-0.1, -0.05) is 104 Å². The van der Waals surface area contributed by atoms with E-state index >= 15 is 0 Å². The van der Waals surface area contributed by atoms with E-state index in [2.05, 4.69) is 13.8 Å². The van der Waals surface area contributed by atoms with Gasteiger partial charge in [0.15, 0.2) is 0 Å². The first-order chi connectivity index (χ1) is 17.3. The summed E-state index contributed by atoms with van der Waals surface area (Å²) in [5, 5.41) is 18.4. The molecular formula is C27H53O7PS. The Kier molecular flexibility index (Phi) is 23.4. The maximum absolute atomic E-state index is 13.2. The fourth-order valence-electron chi connectivity index (χ4n) is 4.19. The number of carbonyl (C=O) groups is 1. The molecule has 0 rings (SSSR count). The van der Waals surface area contributed by atoms with Crippen LogP contribution < -0.4 is 0 Å². The third-order valence-electron chi connectivity index (χ3n) is 6.53. The van der Waals surface area contributed by atoms with Gasteiger partial charge in [-0.15, -0.1) is 0 Å². The van der Waals surface area contributed by atoms with Crippen LogP contribution in [0.1, 0.15) is 130 Å². The lowest BCUT2D eigenvalue weighted by Gasteiger charge is -2.24. The number of ether oxygens (including phenoxy) is 2. The van der Waals surface area contributed by atoms with Crippen molar-refractivity contribution in [3.63, 3.8) is 0 Å². The van der Waals surface area contributed by atoms with Gasteiger partial charge >= 0.3 is 11.5 Å². The van der Waals surface area contributed by atoms with Gasteiger partial charge in [0.1, 0.15) is 0 Å². The van der Waals surface area contributed by atoms with Crippen LogP contribution in [0.3, 0.4) is 0 Å². The molecule has 7 nitrogen and oxygen atoms in total. The quantitative estimate of drug-likeness (QED) is 0.0629. The molecule has 0 aliphatic carbocycles. The molecule has 36 heavy (non-hydrogen) atoms. The Labute approximate surface area is 224 Å². The minimum absolute atomic E-state index is 0.0257. The number of carboxylic acid groups (broad SMARTS) is 1. The monoisotopic (exact) mass is 552 g/mol. The molecule has 0 saturated heterocycles. The van der Waals surface area contributed by atoms with E-state index in [1.54, 1.807) is 0 Å². The van der Waals surface area contributed by atoms with Crippen LogP contribution >= 0.6 is 8.46 Å². The van der Waals surface area contributed by atoms with Crippen molar-refractivity contribution in [2.45, 2.75) is 147 Å². The number of aliphatic hydroxyl groups is 1. The molecule has 0 aromatic carbocycles. The molecule has 2 N–H and O–H groups in total. The lowest BCUT2D eigenvalue weighted by Crippen LogP contribution is -2.36. The van der Waals surface area contributed by atoms with Gasteiger partial charge < -0.3 is 19.7 Å². The van der Waals surface area contributed by atoms with Crippen LogP contribution in [0.25, 0.3) is 0 Å². The van der Waals surface area contributed by atoms with Gasteiger partial charge in [-0.2, -0.15) is 0 Å². The minimum Gasteiger partial charge on any atom is -0.477 e. The molecule has 0 aromatic heterocycles. The Hall–Kier alpha value is -0.400. The lowest BCUT2D eigenvalue weighted by molar-refractivity contribution is -0.190. The maximum atomic E-state index is 13.2. The summed E-state index contributed by atoms with van der Waals surface area (Å²) in [5.41, 5.74) is -2.72. The van der Waals surface area contributed by atoms with Crippen LogP contribution in [-0.4, -0.2) is 56.2 Å². The zero-order chi connectivity index (χ0) is 27.1. The highest BCUT2D eigenvalue weighted by atomic mass is 32.2. The molecule has 0 saturated carbocycles. The first-order valence-electron chi connectivity index (χ1n) is 14.2. The van der Waals surface area contributed by atoms with Gasteiger partial charge in [-0.3, -0.25) is 8.77 Å². The Morgan fingerprint density at radius 3 is 1.83 bits per heavy atom. The summed E-state index contributed by atoms with van der Waals surface area (Å²) in [6.07, 6.45) is 19.3. The molecule has 0 bridgehead atoms. The molecule has 0 aliphatic rings. The molecule has 0 heterocycles. The number of rotatable bonds is 27. The van der Waals surface area contributed by atoms with Crippen LogP contribution in [0.5, 0.6) is 0 Å². The molecular weight excluding hydrogens is 499 g/mol. The average Bonchev–Trinajstić information content (AvgIpc) is 2.86. The van der Waals surface area contributed by atoms with Crippen LogP contribution in [0.2, 0.25) is 0 Å². The highest BCUT2D eigenvalue weighted by Crippen LogP contribution is 2.22. The van der Waals surface area contributed by atoms with Crippen LogP contribution in [0.15, 0.2) is 0 Å². The first-order valence-corrected chi connectivity index (χ1v) is 16.4. The SMILES string of the molecule is CCCCCCCCCCCS(=O)C(CCCCCCCC)C(C)OCCCOC(O)(P=O)C(=O)O. The molecule has 0 aliphatic heterocycles. The summed E-state index contributed by atoms with van der Waals surface area (Å²) in [4.78, 5) is 10.9. The van der Waals surface area contributed by atoms with Gasteiger partial charge in [0.25, 0.3) is 0 Å². The van der Waals surface area contributed by atoms with Gasteiger partial charge in [0.2, 0.25) is 8.46 Å². The molecule has 9 heteroatoms. The van der Waals surface area contributed by atoms with Gasteiger partial charge in [0, 0.05) is 23.2 Å². The third-order valence-corrected chi connectivity index (χ3v) is 9.08. The highest BCUT2D eigenvalue weighted by Gasteiger charge is 2.38. The summed E-state index contributed by atoms with van der Waals surface area (Å²) >= 11 is 0. The van der Waals surface area contributed by atoms with Crippen LogP contribution in [0.4, 0.5) is 0 Å². The van der Waals surface area contributed by atoms with E-state index in [1.165, 1.54) is 70.6 Å². The van der Waals surface area contributed by atoms with Crippen LogP contribution in [-0.2, 0) is 29.6 Å². The van der Waals surface area contributed by atoms with Crippen molar-refractivity contribution in [1.82, 2.24) is 0 Å². The number of hydrogen-bond donors (Lipinski definition) is 2. The summed E-state index contributed by atoms with van der Waals surface area (Å²) in [7, 11) is -1.97. The fraction of sp³-hybridized carbons (Fsp3) is 0.963. The second-order valence-electron chi connectivity index (χ2n) is 9.79. The Bertz CT molecular complexity index is 578. The number of hydrogen-bond acceptors (Lipinski definition) is 6. The summed E-state index contributed by atoms with van der Waals surface area (Å²) in [5.74, 6) is -0.985. The van der Waals surface area contributed by atoms with Crippen molar-refractivity contribution >= 4 is 25.2 Å². The van der Waals surface area contributed by atoms with Crippen molar-refractivity contribution < 1.29 is 33.3 Å². The normalized spacial score (nSPS) is 16.0. The fourth-order valence-corrected chi connectivity index (χ4v) is 6.14. The van der Waals surface area contributed by atoms with Crippen LogP contribution in [0, 0.1) is 0 Å². The Morgan fingerprint density at radius 2 is 1.33 bits per heavy atom. The second kappa shape index (κ2) is 23.7. The maximum Gasteiger partial charge on any atom is 0.377 e. The minimum atomic E-state index is -2.72. The van der Waals surface area contributed by atoms with E-state index < -0.39 is 30.8 Å². The molecule has 214 valence electrons. The van der Waals surface area contributed by atoms with Gasteiger partial charge in [-0.05, 0) is 26.2 Å². The number of unbranched alkanes of at least 4 members (excludes halogenated alkanes) is 13. The van der Waals surface area contributed by atoms with Crippen molar-refractivity contribution in [3.8, 4) is 0 Å². The molecule has 0 fully saturated rings. The van der Waals surface area contributed by atoms with Crippen molar-refractivity contribution in [2.24, 2.45) is 0 Å². The molecule has 0 amide bonds. The van der Waals surface area contributed by atoms with Crippen molar-refractivity contribution in [2.75, 3.05) is 19.0 Å². The summed E-state index contributed by atoms with van der Waals surface area (Å²) in [6, 6.07) is 0. The zero-order valence-corrected chi connectivity index (χ0v) is 24.8. The molecule has 4 unspecified atom stereocenters.